The number of rotatable bonds is 4. The maximum absolute atomic E-state index is 12.6. The Morgan fingerprint density at radius 2 is 1.81 bits per heavy atom. The van der Waals surface area contributed by atoms with Crippen molar-refractivity contribution in [3.05, 3.63) is 88.7 Å². The number of Topliss-reactive ketones (excluding diaryl/α,β-unsaturated/α-hetero) is 1. The van der Waals surface area contributed by atoms with Crippen LogP contribution in [0.2, 0.25) is 0 Å². The molecule has 0 bridgehead atoms. The van der Waals surface area contributed by atoms with Crippen molar-refractivity contribution in [2.75, 3.05) is 5.32 Å². The minimum Gasteiger partial charge on any atom is -0.350 e. The van der Waals surface area contributed by atoms with Crippen molar-refractivity contribution in [2.24, 2.45) is 0 Å². The van der Waals surface area contributed by atoms with Crippen molar-refractivity contribution < 1.29 is 4.79 Å². The van der Waals surface area contributed by atoms with E-state index in [9.17, 15) is 4.79 Å². The fourth-order valence-electron chi connectivity index (χ4n) is 3.57. The van der Waals surface area contributed by atoms with Gasteiger partial charge in [0.05, 0.1) is 11.3 Å². The zero-order valence-corrected chi connectivity index (χ0v) is 14.8. The van der Waals surface area contributed by atoms with Gasteiger partial charge in [0.25, 0.3) is 0 Å². The molecule has 4 heteroatoms. The van der Waals surface area contributed by atoms with Crippen LogP contribution in [-0.4, -0.2) is 15.8 Å². The van der Waals surface area contributed by atoms with E-state index in [2.05, 4.69) is 46.5 Å². The molecule has 0 spiro atoms. The lowest BCUT2D eigenvalue weighted by Crippen LogP contribution is -2.22. The molecule has 0 saturated heterocycles. The summed E-state index contributed by atoms with van der Waals surface area (Å²) in [6.45, 7) is 2.76. The Morgan fingerprint density at radius 3 is 2.62 bits per heavy atom. The number of anilines is 1. The average molecular weight is 343 g/mol. The van der Waals surface area contributed by atoms with Gasteiger partial charge in [-0.1, -0.05) is 54.6 Å². The predicted octanol–water partition coefficient (Wildman–Crippen LogP) is 4.31. The second-order valence-corrected chi connectivity index (χ2v) is 6.78. The molecule has 0 aliphatic heterocycles. The molecule has 130 valence electrons. The van der Waals surface area contributed by atoms with Crippen LogP contribution in [0, 0.1) is 6.92 Å². The number of carbonyl (C=O) groups is 1. The van der Waals surface area contributed by atoms with Gasteiger partial charge in [0.1, 0.15) is 0 Å². The molecule has 1 aliphatic rings. The minimum atomic E-state index is 0.133. The van der Waals surface area contributed by atoms with Crippen LogP contribution >= 0.6 is 0 Å². The van der Waals surface area contributed by atoms with Crippen LogP contribution in [-0.2, 0) is 13.0 Å². The van der Waals surface area contributed by atoms with E-state index in [-0.39, 0.29) is 11.7 Å². The molecule has 0 amide bonds. The van der Waals surface area contributed by atoms with Gasteiger partial charge in [-0.05, 0) is 36.0 Å². The third kappa shape index (κ3) is 3.36. The number of aryl methyl sites for hydroxylation is 1. The highest BCUT2D eigenvalue weighted by atomic mass is 16.1. The first-order valence-corrected chi connectivity index (χ1v) is 8.93. The standard InChI is InChI=1S/C22H21N3O/c1-15-7-5-6-10-18(15)17-11-20-19(21(26)12-17)14-24-22(25-20)23-13-16-8-3-2-4-9-16/h2-10,14,17H,11-13H2,1H3,(H,23,24,25)/t17-/m0/s1. The lowest BCUT2D eigenvalue weighted by molar-refractivity contribution is 0.0962. The lowest BCUT2D eigenvalue weighted by Gasteiger charge is -2.24. The van der Waals surface area contributed by atoms with Crippen LogP contribution in [0.25, 0.3) is 0 Å². The Morgan fingerprint density at radius 1 is 1.04 bits per heavy atom. The summed E-state index contributed by atoms with van der Waals surface area (Å²) >= 11 is 0. The molecular weight excluding hydrogens is 322 g/mol. The van der Waals surface area contributed by atoms with Crippen LogP contribution < -0.4 is 5.32 Å². The summed E-state index contributed by atoms with van der Waals surface area (Å²) < 4.78 is 0. The maximum Gasteiger partial charge on any atom is 0.223 e. The summed E-state index contributed by atoms with van der Waals surface area (Å²) in [7, 11) is 0. The monoisotopic (exact) mass is 343 g/mol. The SMILES string of the molecule is Cc1ccccc1[C@@H]1CC(=O)c2cnc(NCc3ccccc3)nc2C1. The van der Waals surface area contributed by atoms with E-state index in [4.69, 9.17) is 0 Å². The van der Waals surface area contributed by atoms with E-state index in [1.165, 1.54) is 16.7 Å². The highest BCUT2D eigenvalue weighted by molar-refractivity contribution is 5.98. The summed E-state index contributed by atoms with van der Waals surface area (Å²) in [4.78, 5) is 21.5. The molecule has 1 heterocycles. The second-order valence-electron chi connectivity index (χ2n) is 6.78. The highest BCUT2D eigenvalue weighted by Crippen LogP contribution is 2.33. The summed E-state index contributed by atoms with van der Waals surface area (Å²) in [5.74, 6) is 0.896. The Bertz CT molecular complexity index is 937. The van der Waals surface area contributed by atoms with Gasteiger partial charge in [0.2, 0.25) is 5.95 Å². The first-order chi connectivity index (χ1) is 12.7. The van der Waals surface area contributed by atoms with Gasteiger partial charge in [0, 0.05) is 19.2 Å². The smallest absolute Gasteiger partial charge is 0.223 e. The van der Waals surface area contributed by atoms with E-state index >= 15 is 0 Å². The summed E-state index contributed by atoms with van der Waals surface area (Å²) in [6, 6.07) is 18.4. The summed E-state index contributed by atoms with van der Waals surface area (Å²) in [5, 5.41) is 3.26. The largest absolute Gasteiger partial charge is 0.350 e. The lowest BCUT2D eigenvalue weighted by atomic mass is 9.81. The van der Waals surface area contributed by atoms with E-state index in [1.54, 1.807) is 6.20 Å². The van der Waals surface area contributed by atoms with Gasteiger partial charge < -0.3 is 5.32 Å². The molecule has 1 aromatic heterocycles. The number of nitrogens with zero attached hydrogens (tertiary/aromatic N) is 2. The first kappa shape index (κ1) is 16.5. The molecule has 1 aliphatic carbocycles. The van der Waals surface area contributed by atoms with Crippen molar-refractivity contribution in [3.63, 3.8) is 0 Å². The van der Waals surface area contributed by atoms with Crippen molar-refractivity contribution in [3.8, 4) is 0 Å². The van der Waals surface area contributed by atoms with Crippen molar-refractivity contribution >= 4 is 11.7 Å². The Balaban J connectivity index is 1.56. The minimum absolute atomic E-state index is 0.133. The van der Waals surface area contributed by atoms with Crippen LogP contribution in [0.5, 0.6) is 0 Å². The number of nitrogens with one attached hydrogen (secondary N) is 1. The van der Waals surface area contributed by atoms with E-state index < -0.39 is 0 Å². The van der Waals surface area contributed by atoms with Crippen LogP contribution in [0.1, 0.15) is 45.1 Å². The third-order valence-electron chi connectivity index (χ3n) is 4.96. The van der Waals surface area contributed by atoms with E-state index in [1.807, 2.05) is 30.3 Å². The fraction of sp³-hybridized carbons (Fsp3) is 0.227. The second kappa shape index (κ2) is 7.08. The van der Waals surface area contributed by atoms with E-state index in [0.29, 0.717) is 24.5 Å². The quantitative estimate of drug-likeness (QED) is 0.767. The average Bonchev–Trinajstić information content (AvgIpc) is 2.67. The molecule has 2 aromatic carbocycles. The number of aromatic nitrogens is 2. The Labute approximate surface area is 153 Å². The molecule has 0 unspecified atom stereocenters. The van der Waals surface area contributed by atoms with Crippen molar-refractivity contribution in [2.45, 2.75) is 32.2 Å². The zero-order chi connectivity index (χ0) is 17.9. The molecule has 1 atom stereocenters. The number of ketones is 1. The number of benzene rings is 2. The number of carbonyl (C=O) groups excluding carboxylic acids is 1. The molecule has 4 rings (SSSR count). The van der Waals surface area contributed by atoms with Crippen LogP contribution in [0.15, 0.2) is 60.8 Å². The molecule has 0 radical (unpaired) electrons. The van der Waals surface area contributed by atoms with Gasteiger partial charge in [0.15, 0.2) is 5.78 Å². The van der Waals surface area contributed by atoms with Gasteiger partial charge in [-0.15, -0.1) is 0 Å². The fourth-order valence-corrected chi connectivity index (χ4v) is 3.57. The number of hydrogen-bond acceptors (Lipinski definition) is 4. The van der Waals surface area contributed by atoms with Crippen molar-refractivity contribution in [1.29, 1.82) is 0 Å². The number of hydrogen-bond donors (Lipinski definition) is 1. The third-order valence-corrected chi connectivity index (χ3v) is 4.96. The van der Waals surface area contributed by atoms with Crippen molar-refractivity contribution in [1.82, 2.24) is 9.97 Å². The van der Waals surface area contributed by atoms with Crippen LogP contribution in [0.3, 0.4) is 0 Å². The van der Waals surface area contributed by atoms with E-state index in [0.717, 1.165) is 12.1 Å². The molecule has 4 nitrogen and oxygen atoms in total. The normalized spacial score (nSPS) is 16.2. The molecule has 1 N–H and O–H groups in total. The molecular formula is C22H21N3O. The molecule has 0 fully saturated rings. The first-order valence-electron chi connectivity index (χ1n) is 8.93. The Hall–Kier alpha value is -3.01. The number of fused-ring (bicyclic) bond motifs is 1. The zero-order valence-electron chi connectivity index (χ0n) is 14.8. The summed E-state index contributed by atoms with van der Waals surface area (Å²) in [6.07, 6.45) is 2.97. The molecule has 26 heavy (non-hydrogen) atoms. The molecule has 0 saturated carbocycles. The van der Waals surface area contributed by atoms with Gasteiger partial charge >= 0.3 is 0 Å². The Kier molecular flexibility index (Phi) is 4.48. The van der Waals surface area contributed by atoms with Crippen LogP contribution in [0.4, 0.5) is 5.95 Å². The summed E-state index contributed by atoms with van der Waals surface area (Å²) in [5.41, 5.74) is 5.15. The van der Waals surface area contributed by atoms with Gasteiger partial charge in [-0.2, -0.15) is 0 Å². The maximum atomic E-state index is 12.6. The highest BCUT2D eigenvalue weighted by Gasteiger charge is 2.28. The topological polar surface area (TPSA) is 54.9 Å². The predicted molar refractivity (Wildman–Crippen MR) is 102 cm³/mol. The van der Waals surface area contributed by atoms with Gasteiger partial charge in [-0.3, -0.25) is 4.79 Å². The van der Waals surface area contributed by atoms with Gasteiger partial charge in [-0.25, -0.2) is 9.97 Å². The molecule has 3 aromatic rings.